The largest absolute Gasteiger partial charge is 0.313 e. The summed E-state index contributed by atoms with van der Waals surface area (Å²) >= 11 is 3.46. The lowest BCUT2D eigenvalue weighted by Gasteiger charge is -2.34. The number of hydrogen-bond donors (Lipinski definition) is 1. The highest BCUT2D eigenvalue weighted by molar-refractivity contribution is 9.10. The van der Waals surface area contributed by atoms with Gasteiger partial charge in [-0.3, -0.25) is 0 Å². The zero-order valence-electron chi connectivity index (χ0n) is 13.2. The van der Waals surface area contributed by atoms with Gasteiger partial charge in [0.2, 0.25) is 0 Å². The molecule has 118 valence electrons. The van der Waals surface area contributed by atoms with Crippen LogP contribution in [0.15, 0.2) is 22.7 Å². The van der Waals surface area contributed by atoms with Crippen molar-refractivity contribution in [3.63, 3.8) is 0 Å². The number of nitrogens with one attached hydrogen (secondary N) is 1. The van der Waals surface area contributed by atoms with Crippen molar-refractivity contribution in [1.29, 1.82) is 0 Å². The van der Waals surface area contributed by atoms with Gasteiger partial charge in [0.15, 0.2) is 0 Å². The fraction of sp³-hybridized carbons (Fsp3) is 0.667. The molecule has 1 saturated carbocycles. The normalized spacial score (nSPS) is 24.0. The number of hydrogen-bond acceptors (Lipinski definition) is 1. The highest BCUT2D eigenvalue weighted by Gasteiger charge is 2.29. The maximum atomic E-state index is 14.1. The Balaban J connectivity index is 2.01. The lowest BCUT2D eigenvalue weighted by Crippen LogP contribution is -2.29. The van der Waals surface area contributed by atoms with Gasteiger partial charge < -0.3 is 5.32 Å². The number of halogens is 2. The van der Waals surface area contributed by atoms with Crippen LogP contribution < -0.4 is 5.32 Å². The molecule has 0 bridgehead atoms. The number of benzene rings is 1. The van der Waals surface area contributed by atoms with Crippen molar-refractivity contribution in [2.45, 2.75) is 57.9 Å². The Hall–Kier alpha value is -0.410. The molecule has 1 aromatic carbocycles. The minimum Gasteiger partial charge on any atom is -0.313 e. The van der Waals surface area contributed by atoms with Crippen LogP contribution in [0.3, 0.4) is 0 Å². The first-order valence-corrected chi connectivity index (χ1v) is 9.07. The van der Waals surface area contributed by atoms with Crippen molar-refractivity contribution in [1.82, 2.24) is 5.32 Å². The summed E-state index contributed by atoms with van der Waals surface area (Å²) in [6.45, 7) is 2.26. The van der Waals surface area contributed by atoms with Crippen molar-refractivity contribution in [2.24, 2.45) is 11.8 Å². The first kappa shape index (κ1) is 17.0. The van der Waals surface area contributed by atoms with E-state index in [-0.39, 0.29) is 11.9 Å². The molecule has 1 atom stereocenters. The quantitative estimate of drug-likeness (QED) is 0.675. The predicted octanol–water partition coefficient (Wildman–Crippen LogP) is 5.85. The maximum absolute atomic E-state index is 14.1. The predicted molar refractivity (Wildman–Crippen MR) is 90.9 cm³/mol. The monoisotopic (exact) mass is 355 g/mol. The average Bonchev–Trinajstić information content (AvgIpc) is 2.50. The van der Waals surface area contributed by atoms with Crippen molar-refractivity contribution in [3.05, 3.63) is 34.1 Å². The molecule has 0 aliphatic heterocycles. The topological polar surface area (TPSA) is 12.0 Å². The third-order valence-electron chi connectivity index (χ3n) is 4.93. The Bertz CT molecular complexity index is 441. The van der Waals surface area contributed by atoms with Crippen LogP contribution in [0.2, 0.25) is 0 Å². The summed E-state index contributed by atoms with van der Waals surface area (Å²) < 4.78 is 15.1. The first-order valence-electron chi connectivity index (χ1n) is 8.28. The van der Waals surface area contributed by atoms with Gasteiger partial charge in [-0.15, -0.1) is 0 Å². The van der Waals surface area contributed by atoms with Crippen LogP contribution in [0.1, 0.15) is 63.5 Å². The number of rotatable bonds is 6. The zero-order chi connectivity index (χ0) is 15.2. The Morgan fingerprint density at radius 1 is 1.29 bits per heavy atom. The van der Waals surface area contributed by atoms with E-state index in [2.05, 4.69) is 28.2 Å². The Kier molecular flexibility index (Phi) is 6.69. The van der Waals surface area contributed by atoms with Gasteiger partial charge in [0.1, 0.15) is 5.82 Å². The van der Waals surface area contributed by atoms with Gasteiger partial charge in [0.25, 0.3) is 0 Å². The van der Waals surface area contributed by atoms with Gasteiger partial charge in [-0.2, -0.15) is 0 Å². The molecule has 1 unspecified atom stereocenters. The summed E-state index contributed by atoms with van der Waals surface area (Å²) in [6, 6.07) is 5.40. The SMILES string of the molecule is CCCCC1CCC(C(NC)c2cc(Br)ccc2F)CC1. The molecule has 0 aromatic heterocycles. The molecule has 21 heavy (non-hydrogen) atoms. The van der Waals surface area contributed by atoms with E-state index in [0.29, 0.717) is 5.92 Å². The van der Waals surface area contributed by atoms with Crippen LogP contribution in [0, 0.1) is 17.7 Å². The second-order valence-corrected chi connectivity index (χ2v) is 7.27. The number of unbranched alkanes of at least 4 members (excludes halogenated alkanes) is 1. The highest BCUT2D eigenvalue weighted by atomic mass is 79.9. The van der Waals surface area contributed by atoms with Gasteiger partial charge >= 0.3 is 0 Å². The van der Waals surface area contributed by atoms with Crippen LogP contribution in [-0.2, 0) is 0 Å². The summed E-state index contributed by atoms with van der Waals surface area (Å²) in [5.41, 5.74) is 0.809. The van der Waals surface area contributed by atoms with Crippen molar-refractivity contribution >= 4 is 15.9 Å². The van der Waals surface area contributed by atoms with Gasteiger partial charge in [-0.1, -0.05) is 55.0 Å². The lowest BCUT2D eigenvalue weighted by molar-refractivity contribution is 0.215. The summed E-state index contributed by atoms with van der Waals surface area (Å²) in [5.74, 6) is 1.35. The second-order valence-electron chi connectivity index (χ2n) is 6.36. The van der Waals surface area contributed by atoms with Crippen molar-refractivity contribution in [3.8, 4) is 0 Å². The minimum absolute atomic E-state index is 0.0920. The van der Waals surface area contributed by atoms with Crippen LogP contribution >= 0.6 is 15.9 Å². The van der Waals surface area contributed by atoms with Crippen LogP contribution in [-0.4, -0.2) is 7.05 Å². The summed E-state index contributed by atoms with van der Waals surface area (Å²) in [5, 5.41) is 3.35. The smallest absolute Gasteiger partial charge is 0.128 e. The average molecular weight is 356 g/mol. The fourth-order valence-corrected chi connectivity index (χ4v) is 4.08. The van der Waals surface area contributed by atoms with E-state index in [1.807, 2.05) is 13.1 Å². The molecule has 1 aliphatic rings. The molecular formula is C18H27BrFN. The highest BCUT2D eigenvalue weighted by Crippen LogP contribution is 2.39. The van der Waals surface area contributed by atoms with E-state index in [1.165, 1.54) is 44.9 Å². The van der Waals surface area contributed by atoms with E-state index >= 15 is 0 Å². The fourth-order valence-electron chi connectivity index (χ4n) is 3.70. The Morgan fingerprint density at radius 2 is 2.00 bits per heavy atom. The van der Waals surface area contributed by atoms with Crippen LogP contribution in [0.25, 0.3) is 0 Å². The van der Waals surface area contributed by atoms with Gasteiger partial charge in [0, 0.05) is 16.1 Å². The molecule has 2 rings (SSSR count). The molecule has 0 heterocycles. The molecule has 0 saturated heterocycles. The van der Waals surface area contributed by atoms with Gasteiger partial charge in [-0.25, -0.2) is 4.39 Å². The summed E-state index contributed by atoms with van der Waals surface area (Å²) in [4.78, 5) is 0. The standard InChI is InChI=1S/C18H27BrFN/c1-3-4-5-13-6-8-14(9-7-13)18(21-2)16-12-15(19)10-11-17(16)20/h10-14,18,21H,3-9H2,1-2H3. The Morgan fingerprint density at radius 3 is 2.62 bits per heavy atom. The molecule has 1 aromatic rings. The van der Waals surface area contributed by atoms with E-state index in [9.17, 15) is 4.39 Å². The van der Waals surface area contributed by atoms with Gasteiger partial charge in [-0.05, 0) is 49.9 Å². The molecule has 0 spiro atoms. The van der Waals surface area contributed by atoms with Crippen LogP contribution in [0.5, 0.6) is 0 Å². The molecule has 1 aliphatic carbocycles. The third kappa shape index (κ3) is 4.53. The molecule has 1 fully saturated rings. The second kappa shape index (κ2) is 8.28. The first-order chi connectivity index (χ1) is 10.2. The Labute approximate surface area is 136 Å². The molecule has 0 amide bonds. The van der Waals surface area contributed by atoms with E-state index in [1.54, 1.807) is 12.1 Å². The molecule has 1 N–H and O–H groups in total. The van der Waals surface area contributed by atoms with E-state index in [0.717, 1.165) is 16.0 Å². The van der Waals surface area contributed by atoms with E-state index < -0.39 is 0 Å². The van der Waals surface area contributed by atoms with Gasteiger partial charge in [0.05, 0.1) is 0 Å². The van der Waals surface area contributed by atoms with Crippen LogP contribution in [0.4, 0.5) is 4.39 Å². The zero-order valence-corrected chi connectivity index (χ0v) is 14.8. The minimum atomic E-state index is -0.0920. The molecule has 0 radical (unpaired) electrons. The molecule has 3 heteroatoms. The third-order valence-corrected chi connectivity index (χ3v) is 5.43. The van der Waals surface area contributed by atoms with Crippen molar-refractivity contribution < 1.29 is 4.39 Å². The molecule has 1 nitrogen and oxygen atoms in total. The summed E-state index contributed by atoms with van der Waals surface area (Å²) in [6.07, 6.45) is 9.06. The lowest BCUT2D eigenvalue weighted by atomic mass is 9.75. The molecular weight excluding hydrogens is 329 g/mol. The maximum Gasteiger partial charge on any atom is 0.128 e. The summed E-state index contributed by atoms with van der Waals surface area (Å²) in [7, 11) is 1.95. The van der Waals surface area contributed by atoms with Crippen molar-refractivity contribution in [2.75, 3.05) is 7.05 Å². The van der Waals surface area contributed by atoms with E-state index in [4.69, 9.17) is 0 Å².